The van der Waals surface area contributed by atoms with E-state index in [1.54, 1.807) is 6.07 Å². The molecule has 0 saturated heterocycles. The lowest BCUT2D eigenvalue weighted by molar-refractivity contribution is -0.123. The lowest BCUT2D eigenvalue weighted by Gasteiger charge is -2.43. The van der Waals surface area contributed by atoms with Crippen molar-refractivity contribution in [2.45, 2.75) is 50.3 Å². The molecule has 4 nitrogen and oxygen atoms in total. The number of amides is 1. The number of ether oxygens (including phenoxy) is 1. The fourth-order valence-electron chi connectivity index (χ4n) is 4.38. The minimum atomic E-state index is -0.144. The van der Waals surface area contributed by atoms with Crippen LogP contribution in [-0.2, 0) is 11.3 Å². The lowest BCUT2D eigenvalue weighted by Crippen LogP contribution is -2.43. The van der Waals surface area contributed by atoms with Gasteiger partial charge in [0, 0.05) is 18.5 Å². The Hall–Kier alpha value is -2.80. The molecule has 1 spiro atoms. The predicted molar refractivity (Wildman–Crippen MR) is 98.4 cm³/mol. The molecule has 26 heavy (non-hydrogen) atoms. The third-order valence-corrected chi connectivity index (χ3v) is 5.64. The topological polar surface area (TPSA) is 53.3 Å². The second-order valence-electron chi connectivity index (χ2n) is 7.34. The third kappa shape index (κ3) is 3.06. The molecule has 132 valence electrons. The van der Waals surface area contributed by atoms with Crippen molar-refractivity contribution in [2.24, 2.45) is 0 Å². The Balaban J connectivity index is 1.66. The number of carbonyl (C=O) groups excluding carboxylic acids is 1. The van der Waals surface area contributed by atoms with Crippen LogP contribution in [0.1, 0.15) is 54.8 Å². The standard InChI is InChI=1S/C22H22N2O2/c23-14-17-6-5-7-18(12-17)15-24(16-25)20-13-22(10-3-4-11-22)26-21-9-2-1-8-19(20)21/h1-2,5-9,12,16,20H,3-4,10-11,13,15H2. The number of hydrogen-bond donors (Lipinski definition) is 0. The van der Waals surface area contributed by atoms with Crippen LogP contribution < -0.4 is 4.74 Å². The number of benzene rings is 2. The van der Waals surface area contributed by atoms with Gasteiger partial charge in [-0.15, -0.1) is 0 Å². The van der Waals surface area contributed by atoms with Crippen molar-refractivity contribution in [1.29, 1.82) is 5.26 Å². The van der Waals surface area contributed by atoms with E-state index < -0.39 is 0 Å². The maximum Gasteiger partial charge on any atom is 0.210 e. The fraction of sp³-hybridized carbons (Fsp3) is 0.364. The molecule has 1 aliphatic carbocycles. The van der Waals surface area contributed by atoms with Gasteiger partial charge in [0.25, 0.3) is 0 Å². The summed E-state index contributed by atoms with van der Waals surface area (Å²) in [6.07, 6.45) is 6.23. The van der Waals surface area contributed by atoms with Gasteiger partial charge in [-0.3, -0.25) is 4.79 Å². The molecular weight excluding hydrogens is 324 g/mol. The molecule has 2 aromatic carbocycles. The van der Waals surface area contributed by atoms with Crippen molar-refractivity contribution >= 4 is 6.41 Å². The normalized spacial score (nSPS) is 20.0. The summed E-state index contributed by atoms with van der Waals surface area (Å²) in [7, 11) is 0. The fourth-order valence-corrected chi connectivity index (χ4v) is 4.38. The Morgan fingerprint density at radius 1 is 1.19 bits per heavy atom. The lowest BCUT2D eigenvalue weighted by atomic mass is 9.85. The molecule has 1 unspecified atom stereocenters. The predicted octanol–water partition coefficient (Wildman–Crippen LogP) is 4.35. The number of nitrogens with zero attached hydrogens (tertiary/aromatic N) is 2. The van der Waals surface area contributed by atoms with Gasteiger partial charge in [0.05, 0.1) is 17.7 Å². The van der Waals surface area contributed by atoms with Crippen molar-refractivity contribution in [2.75, 3.05) is 0 Å². The maximum atomic E-state index is 12.0. The van der Waals surface area contributed by atoms with Gasteiger partial charge in [-0.1, -0.05) is 30.3 Å². The molecule has 1 aliphatic heterocycles. The van der Waals surface area contributed by atoms with Gasteiger partial charge >= 0.3 is 0 Å². The van der Waals surface area contributed by atoms with Gasteiger partial charge in [0.1, 0.15) is 11.4 Å². The molecule has 4 rings (SSSR count). The molecule has 2 aliphatic rings. The first kappa shape index (κ1) is 16.7. The maximum absolute atomic E-state index is 12.0. The van der Waals surface area contributed by atoms with E-state index in [4.69, 9.17) is 10.00 Å². The summed E-state index contributed by atoms with van der Waals surface area (Å²) in [6, 6.07) is 17.7. The minimum Gasteiger partial charge on any atom is -0.487 e. The molecule has 0 N–H and O–H groups in total. The zero-order valence-corrected chi connectivity index (χ0v) is 14.7. The first-order valence-electron chi connectivity index (χ1n) is 9.21. The van der Waals surface area contributed by atoms with E-state index in [0.29, 0.717) is 12.1 Å². The third-order valence-electron chi connectivity index (χ3n) is 5.64. The number of nitriles is 1. The second kappa shape index (κ2) is 6.84. The van der Waals surface area contributed by atoms with E-state index in [-0.39, 0.29) is 11.6 Å². The summed E-state index contributed by atoms with van der Waals surface area (Å²) < 4.78 is 6.41. The van der Waals surface area contributed by atoms with Crippen LogP contribution >= 0.6 is 0 Å². The molecular formula is C22H22N2O2. The van der Waals surface area contributed by atoms with Crippen molar-refractivity contribution in [3.63, 3.8) is 0 Å². The Kier molecular flexibility index (Phi) is 4.38. The Morgan fingerprint density at radius 3 is 2.77 bits per heavy atom. The first-order valence-corrected chi connectivity index (χ1v) is 9.21. The number of fused-ring (bicyclic) bond motifs is 1. The summed E-state index contributed by atoms with van der Waals surface area (Å²) in [5.41, 5.74) is 2.52. The van der Waals surface area contributed by atoms with Crippen LogP contribution in [0.25, 0.3) is 0 Å². The van der Waals surface area contributed by atoms with Gasteiger partial charge in [0.2, 0.25) is 6.41 Å². The Labute approximate surface area is 154 Å². The SMILES string of the molecule is N#Cc1cccc(CN(C=O)C2CC3(CCCC3)Oc3ccccc32)c1. The number of carbonyl (C=O) groups is 1. The van der Waals surface area contributed by atoms with E-state index >= 15 is 0 Å². The summed E-state index contributed by atoms with van der Waals surface area (Å²) >= 11 is 0. The van der Waals surface area contributed by atoms with Crippen molar-refractivity contribution in [3.05, 3.63) is 65.2 Å². The van der Waals surface area contributed by atoms with Gasteiger partial charge in [-0.05, 0) is 49.4 Å². The molecule has 0 bridgehead atoms. The summed E-state index contributed by atoms with van der Waals surface area (Å²) in [4.78, 5) is 13.9. The number of para-hydroxylation sites is 1. The van der Waals surface area contributed by atoms with Crippen molar-refractivity contribution < 1.29 is 9.53 Å². The zero-order valence-electron chi connectivity index (χ0n) is 14.7. The highest BCUT2D eigenvalue weighted by Gasteiger charge is 2.44. The largest absolute Gasteiger partial charge is 0.487 e. The average Bonchev–Trinajstić information content (AvgIpc) is 3.13. The van der Waals surface area contributed by atoms with Crippen molar-refractivity contribution in [1.82, 2.24) is 4.90 Å². The van der Waals surface area contributed by atoms with E-state index in [2.05, 4.69) is 12.1 Å². The van der Waals surface area contributed by atoms with Gasteiger partial charge in [-0.25, -0.2) is 0 Å². The van der Waals surface area contributed by atoms with Gasteiger partial charge in [-0.2, -0.15) is 5.26 Å². The summed E-state index contributed by atoms with van der Waals surface area (Å²) in [5.74, 6) is 0.906. The van der Waals surface area contributed by atoms with E-state index in [1.165, 1.54) is 12.8 Å². The van der Waals surface area contributed by atoms with Gasteiger partial charge < -0.3 is 9.64 Å². The highest BCUT2D eigenvalue weighted by Crippen LogP contribution is 2.48. The van der Waals surface area contributed by atoms with Crippen LogP contribution in [0, 0.1) is 11.3 Å². The molecule has 1 saturated carbocycles. The molecule has 1 heterocycles. The highest BCUT2D eigenvalue weighted by molar-refractivity contribution is 5.52. The van der Waals surface area contributed by atoms with Crippen molar-refractivity contribution in [3.8, 4) is 11.8 Å². The van der Waals surface area contributed by atoms with E-state index in [9.17, 15) is 4.79 Å². The smallest absolute Gasteiger partial charge is 0.210 e. The van der Waals surface area contributed by atoms with Crippen LogP contribution in [-0.4, -0.2) is 16.9 Å². The molecule has 4 heteroatoms. The summed E-state index contributed by atoms with van der Waals surface area (Å²) in [6.45, 7) is 0.494. The molecule has 1 amide bonds. The zero-order chi connectivity index (χ0) is 18.0. The molecule has 0 aromatic heterocycles. The number of rotatable bonds is 4. The average molecular weight is 346 g/mol. The van der Waals surface area contributed by atoms with Gasteiger partial charge in [0.15, 0.2) is 0 Å². The van der Waals surface area contributed by atoms with Crippen LogP contribution in [0.3, 0.4) is 0 Å². The Bertz CT molecular complexity index is 849. The monoisotopic (exact) mass is 346 g/mol. The molecule has 1 fully saturated rings. The van der Waals surface area contributed by atoms with Crippen LogP contribution in [0.15, 0.2) is 48.5 Å². The summed E-state index contributed by atoms with van der Waals surface area (Å²) in [5, 5.41) is 9.12. The first-order chi connectivity index (χ1) is 12.7. The quantitative estimate of drug-likeness (QED) is 0.773. The highest BCUT2D eigenvalue weighted by atomic mass is 16.5. The van der Waals surface area contributed by atoms with Crippen LogP contribution in [0.4, 0.5) is 0 Å². The van der Waals surface area contributed by atoms with Crippen LogP contribution in [0.2, 0.25) is 0 Å². The minimum absolute atomic E-state index is 0.00120. The Morgan fingerprint density at radius 2 is 2.00 bits per heavy atom. The molecule has 0 radical (unpaired) electrons. The number of hydrogen-bond acceptors (Lipinski definition) is 3. The van der Waals surface area contributed by atoms with E-state index in [0.717, 1.165) is 42.5 Å². The van der Waals surface area contributed by atoms with Crippen LogP contribution in [0.5, 0.6) is 5.75 Å². The van der Waals surface area contributed by atoms with E-state index in [1.807, 2.05) is 41.3 Å². The molecule has 2 aromatic rings. The molecule has 1 atom stereocenters. The second-order valence-corrected chi connectivity index (χ2v) is 7.34.